The van der Waals surface area contributed by atoms with E-state index in [-0.39, 0.29) is 12.0 Å². The van der Waals surface area contributed by atoms with Crippen LogP contribution in [-0.2, 0) is 17.4 Å². The molecule has 4 nitrogen and oxygen atoms in total. The largest absolute Gasteiger partial charge is 0.416 e. The van der Waals surface area contributed by atoms with Gasteiger partial charge in [-0.15, -0.1) is 0 Å². The first-order valence-electron chi connectivity index (χ1n) is 7.49. The molecule has 0 atom stereocenters. The molecule has 0 spiro atoms. The van der Waals surface area contributed by atoms with Gasteiger partial charge in [-0.1, -0.05) is 35.9 Å². The summed E-state index contributed by atoms with van der Waals surface area (Å²) >= 11 is 0. The van der Waals surface area contributed by atoms with Gasteiger partial charge in [0.05, 0.1) is 12.0 Å². The van der Waals surface area contributed by atoms with Crippen LogP contribution in [0.2, 0.25) is 0 Å². The van der Waals surface area contributed by atoms with E-state index in [0.717, 1.165) is 23.3 Å². The third kappa shape index (κ3) is 5.07. The van der Waals surface area contributed by atoms with Crippen molar-refractivity contribution in [1.29, 1.82) is 0 Å². The molecule has 2 aromatic carbocycles. The van der Waals surface area contributed by atoms with Crippen LogP contribution >= 0.6 is 0 Å². The van der Waals surface area contributed by atoms with Gasteiger partial charge >= 0.3 is 6.18 Å². The van der Waals surface area contributed by atoms with E-state index in [4.69, 9.17) is 0 Å². The molecule has 0 saturated carbocycles. The first-order valence-corrected chi connectivity index (χ1v) is 7.49. The quantitative estimate of drug-likeness (QED) is 0.835. The number of hydrazine groups is 1. The van der Waals surface area contributed by atoms with Crippen molar-refractivity contribution < 1.29 is 22.8 Å². The molecule has 0 unspecified atom stereocenters. The molecule has 132 valence electrons. The standard InChI is InChI=1S/C18H17F3N2O2/c1-11-6-7-15(12(2)8-11)17(25)23-22-16(24)10-13-4-3-5-14(9-13)18(19,20)21/h3-9H,10H2,1-2H3,(H,22,24)(H,23,25). The van der Waals surface area contributed by atoms with Gasteiger partial charge in [0, 0.05) is 5.56 Å². The highest BCUT2D eigenvalue weighted by Crippen LogP contribution is 2.29. The Hall–Kier alpha value is -2.83. The van der Waals surface area contributed by atoms with Crippen molar-refractivity contribution in [3.8, 4) is 0 Å². The van der Waals surface area contributed by atoms with Crippen molar-refractivity contribution in [2.45, 2.75) is 26.4 Å². The third-order valence-electron chi connectivity index (χ3n) is 3.56. The second kappa shape index (κ2) is 7.38. The predicted octanol–water partition coefficient (Wildman–Crippen LogP) is 3.33. The van der Waals surface area contributed by atoms with Crippen molar-refractivity contribution in [2.24, 2.45) is 0 Å². The summed E-state index contributed by atoms with van der Waals surface area (Å²) in [5, 5.41) is 0. The molecular formula is C18H17F3N2O2. The lowest BCUT2D eigenvalue weighted by molar-refractivity contribution is -0.137. The zero-order valence-corrected chi connectivity index (χ0v) is 13.7. The first-order chi connectivity index (χ1) is 11.7. The molecule has 0 aliphatic heterocycles. The Bertz CT molecular complexity index is 801. The van der Waals surface area contributed by atoms with Gasteiger partial charge in [-0.2, -0.15) is 13.2 Å². The van der Waals surface area contributed by atoms with E-state index in [9.17, 15) is 22.8 Å². The van der Waals surface area contributed by atoms with E-state index in [1.165, 1.54) is 12.1 Å². The van der Waals surface area contributed by atoms with Crippen molar-refractivity contribution in [1.82, 2.24) is 10.9 Å². The number of halogens is 3. The van der Waals surface area contributed by atoms with Gasteiger partial charge in [-0.05, 0) is 37.1 Å². The minimum absolute atomic E-state index is 0.202. The Labute approximate surface area is 143 Å². The molecule has 0 aromatic heterocycles. The summed E-state index contributed by atoms with van der Waals surface area (Å²) < 4.78 is 38.0. The molecule has 0 fully saturated rings. The van der Waals surface area contributed by atoms with Gasteiger partial charge < -0.3 is 0 Å². The molecule has 0 bridgehead atoms. The zero-order valence-electron chi connectivity index (χ0n) is 13.7. The highest BCUT2D eigenvalue weighted by Gasteiger charge is 2.30. The summed E-state index contributed by atoms with van der Waals surface area (Å²) in [6, 6.07) is 9.74. The number of carbonyl (C=O) groups excluding carboxylic acids is 2. The number of benzene rings is 2. The Morgan fingerprint density at radius 1 is 1.00 bits per heavy atom. The van der Waals surface area contributed by atoms with Gasteiger partial charge in [0.25, 0.3) is 5.91 Å². The fraction of sp³-hybridized carbons (Fsp3) is 0.222. The molecule has 7 heteroatoms. The van der Waals surface area contributed by atoms with Crippen molar-refractivity contribution in [3.05, 3.63) is 70.3 Å². The number of hydrogen-bond donors (Lipinski definition) is 2. The van der Waals surface area contributed by atoms with E-state index in [0.29, 0.717) is 5.56 Å². The van der Waals surface area contributed by atoms with Crippen molar-refractivity contribution in [3.63, 3.8) is 0 Å². The van der Waals surface area contributed by atoms with Crippen LogP contribution in [-0.4, -0.2) is 11.8 Å². The lowest BCUT2D eigenvalue weighted by Crippen LogP contribution is -2.42. The highest BCUT2D eigenvalue weighted by atomic mass is 19.4. The van der Waals surface area contributed by atoms with Crippen LogP contribution in [0.1, 0.15) is 32.6 Å². The second-order valence-corrected chi connectivity index (χ2v) is 5.70. The SMILES string of the molecule is Cc1ccc(C(=O)NNC(=O)Cc2cccc(C(F)(F)F)c2)c(C)c1. The van der Waals surface area contributed by atoms with Gasteiger partial charge in [-0.3, -0.25) is 20.4 Å². The van der Waals surface area contributed by atoms with Crippen LogP contribution in [0.4, 0.5) is 13.2 Å². The van der Waals surface area contributed by atoms with E-state index in [2.05, 4.69) is 10.9 Å². The van der Waals surface area contributed by atoms with Crippen LogP contribution in [0.25, 0.3) is 0 Å². The molecule has 2 N–H and O–H groups in total. The molecule has 0 aliphatic carbocycles. The normalized spacial score (nSPS) is 11.1. The lowest BCUT2D eigenvalue weighted by Gasteiger charge is -2.11. The number of hydrogen-bond acceptors (Lipinski definition) is 2. The van der Waals surface area contributed by atoms with Gasteiger partial charge in [0.2, 0.25) is 5.91 Å². The highest BCUT2D eigenvalue weighted by molar-refractivity contribution is 5.96. The summed E-state index contributed by atoms with van der Waals surface area (Å²) in [5.74, 6) is -1.10. The van der Waals surface area contributed by atoms with Gasteiger partial charge in [0.15, 0.2) is 0 Å². The summed E-state index contributed by atoms with van der Waals surface area (Å²) in [4.78, 5) is 23.9. The van der Waals surface area contributed by atoms with Crippen molar-refractivity contribution in [2.75, 3.05) is 0 Å². The molecule has 2 aromatic rings. The summed E-state index contributed by atoms with van der Waals surface area (Å²) in [5.41, 5.74) is 6.02. The van der Waals surface area contributed by atoms with Crippen LogP contribution in [0.5, 0.6) is 0 Å². The number of nitrogens with one attached hydrogen (secondary N) is 2. The molecule has 0 radical (unpaired) electrons. The second-order valence-electron chi connectivity index (χ2n) is 5.70. The summed E-state index contributed by atoms with van der Waals surface area (Å²) in [6.45, 7) is 3.66. The lowest BCUT2D eigenvalue weighted by atomic mass is 10.1. The van der Waals surface area contributed by atoms with E-state index >= 15 is 0 Å². The predicted molar refractivity (Wildman–Crippen MR) is 86.7 cm³/mol. The molecule has 2 rings (SSSR count). The van der Waals surface area contributed by atoms with Crippen LogP contribution in [0.15, 0.2) is 42.5 Å². The van der Waals surface area contributed by atoms with Crippen LogP contribution in [0, 0.1) is 13.8 Å². The van der Waals surface area contributed by atoms with Crippen LogP contribution < -0.4 is 10.9 Å². The Balaban J connectivity index is 1.96. The maximum absolute atomic E-state index is 12.7. The maximum atomic E-state index is 12.7. The van der Waals surface area contributed by atoms with E-state index in [1.54, 1.807) is 19.1 Å². The fourth-order valence-corrected chi connectivity index (χ4v) is 2.35. The Morgan fingerprint density at radius 2 is 1.72 bits per heavy atom. The summed E-state index contributed by atoms with van der Waals surface area (Å²) in [7, 11) is 0. The molecule has 0 heterocycles. The minimum Gasteiger partial charge on any atom is -0.273 e. The third-order valence-corrected chi connectivity index (χ3v) is 3.56. The number of amides is 2. The van der Waals surface area contributed by atoms with Gasteiger partial charge in [0.1, 0.15) is 0 Å². The van der Waals surface area contributed by atoms with Crippen molar-refractivity contribution >= 4 is 11.8 Å². The number of carbonyl (C=O) groups is 2. The number of aryl methyl sites for hydroxylation is 2. The number of rotatable bonds is 3. The average molecular weight is 350 g/mol. The van der Waals surface area contributed by atoms with E-state index < -0.39 is 23.6 Å². The monoisotopic (exact) mass is 350 g/mol. The smallest absolute Gasteiger partial charge is 0.273 e. The maximum Gasteiger partial charge on any atom is 0.416 e. The molecule has 0 saturated heterocycles. The molecular weight excluding hydrogens is 333 g/mol. The average Bonchev–Trinajstić information content (AvgIpc) is 2.52. The number of alkyl halides is 3. The van der Waals surface area contributed by atoms with Gasteiger partial charge in [-0.25, -0.2) is 0 Å². The Morgan fingerprint density at radius 3 is 2.36 bits per heavy atom. The van der Waals surface area contributed by atoms with E-state index in [1.807, 2.05) is 13.0 Å². The fourth-order valence-electron chi connectivity index (χ4n) is 2.35. The minimum atomic E-state index is -4.47. The summed E-state index contributed by atoms with van der Waals surface area (Å²) in [6.07, 6.45) is -4.75. The zero-order chi connectivity index (χ0) is 18.6. The Kier molecular flexibility index (Phi) is 5.46. The first kappa shape index (κ1) is 18.5. The topological polar surface area (TPSA) is 58.2 Å². The molecule has 25 heavy (non-hydrogen) atoms. The molecule has 0 aliphatic rings. The molecule has 2 amide bonds. The van der Waals surface area contributed by atoms with Crippen LogP contribution in [0.3, 0.4) is 0 Å².